The summed E-state index contributed by atoms with van der Waals surface area (Å²) in [6.45, 7) is 0.752. The van der Waals surface area contributed by atoms with Gasteiger partial charge in [0.2, 0.25) is 11.7 Å². The van der Waals surface area contributed by atoms with E-state index in [4.69, 9.17) is 4.74 Å². The number of hydrogen-bond acceptors (Lipinski definition) is 5. The largest absolute Gasteiger partial charge is 0.378 e. The van der Waals surface area contributed by atoms with Crippen LogP contribution in [-0.4, -0.2) is 39.3 Å². The standard InChI is InChI=1S/C22H23N5O3/c28-19(14-13-18-12-7-15-30-18)24-25-22(29)20-23-21(16-8-3-1-4-9-16)27(26-20)17-10-5-2-6-11-17/h1-6,8-11,18H,7,12-15H2,(H,24,28)(H,25,29). The van der Waals surface area contributed by atoms with Gasteiger partial charge in [0.05, 0.1) is 11.8 Å². The number of rotatable bonds is 6. The van der Waals surface area contributed by atoms with Crippen LogP contribution in [0.15, 0.2) is 60.7 Å². The minimum absolute atomic E-state index is 0.0304. The molecule has 1 aliphatic rings. The Labute approximate surface area is 174 Å². The lowest BCUT2D eigenvalue weighted by Crippen LogP contribution is -2.42. The predicted octanol–water partition coefficient (Wildman–Crippen LogP) is 2.65. The molecule has 0 spiro atoms. The molecule has 2 aromatic carbocycles. The van der Waals surface area contributed by atoms with Crippen LogP contribution in [0, 0.1) is 0 Å². The van der Waals surface area contributed by atoms with E-state index in [1.165, 1.54) is 0 Å². The zero-order chi connectivity index (χ0) is 20.8. The second-order valence-electron chi connectivity index (χ2n) is 7.05. The molecule has 3 aromatic rings. The quantitative estimate of drug-likeness (QED) is 0.615. The molecule has 2 heterocycles. The Hall–Kier alpha value is -3.52. The number of hydrogen-bond donors (Lipinski definition) is 2. The first-order valence-electron chi connectivity index (χ1n) is 9.99. The van der Waals surface area contributed by atoms with Crippen molar-refractivity contribution in [2.75, 3.05) is 6.61 Å². The lowest BCUT2D eigenvalue weighted by molar-refractivity contribution is -0.122. The Morgan fingerprint density at radius 2 is 1.77 bits per heavy atom. The lowest BCUT2D eigenvalue weighted by Gasteiger charge is -2.09. The fourth-order valence-corrected chi connectivity index (χ4v) is 3.34. The van der Waals surface area contributed by atoms with Crippen LogP contribution in [0.2, 0.25) is 0 Å². The van der Waals surface area contributed by atoms with Gasteiger partial charge in [0, 0.05) is 18.6 Å². The van der Waals surface area contributed by atoms with E-state index < -0.39 is 5.91 Å². The number of para-hydroxylation sites is 1. The molecule has 1 aliphatic heterocycles. The van der Waals surface area contributed by atoms with Crippen molar-refractivity contribution in [2.24, 2.45) is 0 Å². The van der Waals surface area contributed by atoms with Crippen LogP contribution >= 0.6 is 0 Å². The Morgan fingerprint density at radius 3 is 2.47 bits per heavy atom. The van der Waals surface area contributed by atoms with Gasteiger partial charge >= 0.3 is 5.91 Å². The smallest absolute Gasteiger partial charge is 0.309 e. The highest BCUT2D eigenvalue weighted by molar-refractivity contribution is 5.92. The van der Waals surface area contributed by atoms with E-state index in [9.17, 15) is 9.59 Å². The third kappa shape index (κ3) is 4.72. The minimum atomic E-state index is -0.577. The third-order valence-corrected chi connectivity index (χ3v) is 4.88. The molecule has 8 nitrogen and oxygen atoms in total. The van der Waals surface area contributed by atoms with Crippen molar-refractivity contribution in [1.82, 2.24) is 25.6 Å². The lowest BCUT2D eigenvalue weighted by atomic mass is 10.1. The highest BCUT2D eigenvalue weighted by Gasteiger charge is 2.20. The summed E-state index contributed by atoms with van der Waals surface area (Å²) >= 11 is 0. The van der Waals surface area contributed by atoms with Crippen LogP contribution in [0.4, 0.5) is 0 Å². The van der Waals surface area contributed by atoms with Crippen molar-refractivity contribution >= 4 is 11.8 Å². The second kappa shape index (κ2) is 9.32. The van der Waals surface area contributed by atoms with E-state index >= 15 is 0 Å². The number of nitrogens with zero attached hydrogens (tertiary/aromatic N) is 3. The Balaban J connectivity index is 1.46. The molecule has 30 heavy (non-hydrogen) atoms. The van der Waals surface area contributed by atoms with E-state index in [1.807, 2.05) is 60.7 Å². The summed E-state index contributed by atoms with van der Waals surface area (Å²) in [5.41, 5.74) is 6.44. The van der Waals surface area contributed by atoms with E-state index in [-0.39, 0.29) is 24.3 Å². The van der Waals surface area contributed by atoms with Gasteiger partial charge in [-0.15, -0.1) is 5.10 Å². The molecule has 1 atom stereocenters. The summed E-state index contributed by atoms with van der Waals surface area (Å²) in [5.74, 6) is -0.342. The van der Waals surface area contributed by atoms with Gasteiger partial charge in [-0.3, -0.25) is 20.4 Å². The third-order valence-electron chi connectivity index (χ3n) is 4.88. The highest BCUT2D eigenvalue weighted by atomic mass is 16.5. The summed E-state index contributed by atoms with van der Waals surface area (Å²) < 4.78 is 7.12. The molecule has 0 saturated carbocycles. The number of ether oxygens (including phenoxy) is 1. The van der Waals surface area contributed by atoms with Gasteiger partial charge in [-0.05, 0) is 31.4 Å². The van der Waals surface area contributed by atoms with Gasteiger partial charge in [-0.1, -0.05) is 48.5 Å². The molecule has 2 N–H and O–H groups in total. The zero-order valence-electron chi connectivity index (χ0n) is 16.5. The van der Waals surface area contributed by atoms with Gasteiger partial charge in [0.25, 0.3) is 0 Å². The van der Waals surface area contributed by atoms with Crippen LogP contribution in [0.3, 0.4) is 0 Å². The van der Waals surface area contributed by atoms with Crippen molar-refractivity contribution in [1.29, 1.82) is 0 Å². The Bertz CT molecular complexity index is 941. The van der Waals surface area contributed by atoms with Crippen LogP contribution in [0.5, 0.6) is 0 Å². The van der Waals surface area contributed by atoms with Crippen molar-refractivity contribution in [2.45, 2.75) is 31.8 Å². The number of amides is 2. The summed E-state index contributed by atoms with van der Waals surface area (Å²) in [5, 5.41) is 4.37. The summed E-state index contributed by atoms with van der Waals surface area (Å²) in [6.07, 6.45) is 3.06. The molecule has 1 saturated heterocycles. The number of nitrogens with one attached hydrogen (secondary N) is 2. The van der Waals surface area contributed by atoms with Gasteiger partial charge in [0.15, 0.2) is 5.82 Å². The predicted molar refractivity (Wildman–Crippen MR) is 111 cm³/mol. The average Bonchev–Trinajstić information content (AvgIpc) is 3.47. The number of carbonyl (C=O) groups excluding carboxylic acids is 2. The molecule has 1 unspecified atom stereocenters. The molecule has 8 heteroatoms. The first-order valence-corrected chi connectivity index (χ1v) is 9.99. The van der Waals surface area contributed by atoms with E-state index in [0.29, 0.717) is 12.2 Å². The van der Waals surface area contributed by atoms with Gasteiger partial charge in [0.1, 0.15) is 0 Å². The first kappa shape index (κ1) is 19.8. The van der Waals surface area contributed by atoms with Gasteiger partial charge in [-0.25, -0.2) is 9.67 Å². The molecule has 154 valence electrons. The maximum absolute atomic E-state index is 12.5. The molecule has 1 aromatic heterocycles. The molecular weight excluding hydrogens is 382 g/mol. The monoisotopic (exact) mass is 405 g/mol. The Kier molecular flexibility index (Phi) is 6.14. The van der Waals surface area contributed by atoms with Crippen LogP contribution < -0.4 is 10.9 Å². The molecular formula is C22H23N5O3. The molecule has 2 amide bonds. The highest BCUT2D eigenvalue weighted by Crippen LogP contribution is 2.21. The number of aromatic nitrogens is 3. The summed E-state index contributed by atoms with van der Waals surface area (Å²) in [6, 6.07) is 19.0. The van der Waals surface area contributed by atoms with Crippen molar-refractivity contribution in [3.05, 3.63) is 66.5 Å². The van der Waals surface area contributed by atoms with Gasteiger partial charge in [-0.2, -0.15) is 0 Å². The van der Waals surface area contributed by atoms with E-state index in [1.54, 1.807) is 4.68 Å². The first-order chi connectivity index (χ1) is 14.7. The normalized spacial score (nSPS) is 15.7. The SMILES string of the molecule is O=C(CCC1CCCO1)NNC(=O)c1nc(-c2ccccc2)n(-c2ccccc2)n1. The van der Waals surface area contributed by atoms with E-state index in [2.05, 4.69) is 20.9 Å². The number of benzene rings is 2. The number of hydrazine groups is 1. The summed E-state index contributed by atoms with van der Waals surface area (Å²) in [7, 11) is 0. The Morgan fingerprint density at radius 1 is 1.03 bits per heavy atom. The van der Waals surface area contributed by atoms with Crippen LogP contribution in [-0.2, 0) is 9.53 Å². The topological polar surface area (TPSA) is 98.1 Å². The van der Waals surface area contributed by atoms with Crippen LogP contribution in [0.1, 0.15) is 36.3 Å². The maximum atomic E-state index is 12.5. The molecule has 4 rings (SSSR count). The fourth-order valence-electron chi connectivity index (χ4n) is 3.34. The average molecular weight is 405 g/mol. The summed E-state index contributed by atoms with van der Waals surface area (Å²) in [4.78, 5) is 29.0. The van der Waals surface area contributed by atoms with Crippen molar-refractivity contribution in [3.63, 3.8) is 0 Å². The molecule has 0 radical (unpaired) electrons. The fraction of sp³-hybridized carbons (Fsp3) is 0.273. The minimum Gasteiger partial charge on any atom is -0.378 e. The molecule has 0 bridgehead atoms. The molecule has 0 aliphatic carbocycles. The van der Waals surface area contributed by atoms with Crippen molar-refractivity contribution < 1.29 is 14.3 Å². The zero-order valence-corrected chi connectivity index (χ0v) is 16.5. The van der Waals surface area contributed by atoms with E-state index in [0.717, 1.165) is 30.7 Å². The number of carbonyl (C=O) groups is 2. The second-order valence-corrected chi connectivity index (χ2v) is 7.05. The van der Waals surface area contributed by atoms with Crippen LogP contribution in [0.25, 0.3) is 17.1 Å². The van der Waals surface area contributed by atoms with Gasteiger partial charge < -0.3 is 4.74 Å². The maximum Gasteiger partial charge on any atom is 0.309 e. The van der Waals surface area contributed by atoms with Crippen molar-refractivity contribution in [3.8, 4) is 17.1 Å². The molecule has 1 fully saturated rings.